The fraction of sp³-hybridized carbons (Fsp3) is 0.875. The van der Waals surface area contributed by atoms with Crippen LogP contribution in [0.4, 0.5) is 0 Å². The SMILES string of the molecule is C#CC(NCCC)C1(OCC)CCC(C)(C)CC1. The molecule has 1 aliphatic rings. The minimum atomic E-state index is -0.145. The molecular weight excluding hydrogens is 222 g/mol. The van der Waals surface area contributed by atoms with E-state index in [2.05, 4.69) is 38.9 Å². The second-order valence-corrected chi connectivity index (χ2v) is 6.22. The van der Waals surface area contributed by atoms with Crippen molar-refractivity contribution in [3.05, 3.63) is 0 Å². The molecule has 0 aromatic heterocycles. The summed E-state index contributed by atoms with van der Waals surface area (Å²) in [5.41, 5.74) is 0.290. The van der Waals surface area contributed by atoms with Crippen molar-refractivity contribution in [2.45, 2.75) is 71.4 Å². The number of nitrogens with one attached hydrogen (secondary N) is 1. The molecule has 2 heteroatoms. The Labute approximate surface area is 113 Å². The predicted molar refractivity (Wildman–Crippen MR) is 77.5 cm³/mol. The minimum Gasteiger partial charge on any atom is -0.373 e. The van der Waals surface area contributed by atoms with Crippen LogP contribution in [0.1, 0.15) is 59.8 Å². The van der Waals surface area contributed by atoms with E-state index in [1.807, 2.05) is 0 Å². The van der Waals surface area contributed by atoms with E-state index in [-0.39, 0.29) is 11.6 Å². The highest BCUT2D eigenvalue weighted by Crippen LogP contribution is 2.43. The number of ether oxygens (including phenoxy) is 1. The highest BCUT2D eigenvalue weighted by Gasteiger charge is 2.43. The van der Waals surface area contributed by atoms with Crippen LogP contribution in [0.15, 0.2) is 0 Å². The third-order valence-electron chi connectivity index (χ3n) is 4.17. The minimum absolute atomic E-state index is 0.0495. The molecule has 1 unspecified atom stereocenters. The second kappa shape index (κ2) is 6.59. The Morgan fingerprint density at radius 2 is 1.83 bits per heavy atom. The lowest BCUT2D eigenvalue weighted by atomic mass is 9.68. The molecule has 1 rings (SSSR count). The van der Waals surface area contributed by atoms with E-state index in [1.54, 1.807) is 0 Å². The van der Waals surface area contributed by atoms with Gasteiger partial charge in [-0.25, -0.2) is 0 Å². The summed E-state index contributed by atoms with van der Waals surface area (Å²) in [5, 5.41) is 3.48. The molecule has 1 atom stereocenters. The van der Waals surface area contributed by atoms with Crippen LogP contribution in [0.2, 0.25) is 0 Å². The fourth-order valence-electron chi connectivity index (χ4n) is 2.84. The van der Waals surface area contributed by atoms with Gasteiger partial charge in [-0.1, -0.05) is 26.7 Å². The average Bonchev–Trinajstić information content (AvgIpc) is 2.34. The largest absolute Gasteiger partial charge is 0.373 e. The summed E-state index contributed by atoms with van der Waals surface area (Å²) in [7, 11) is 0. The number of hydrogen-bond donors (Lipinski definition) is 1. The van der Waals surface area contributed by atoms with Gasteiger partial charge in [0.1, 0.15) is 0 Å². The topological polar surface area (TPSA) is 21.3 Å². The molecule has 2 nitrogen and oxygen atoms in total. The first-order valence-electron chi connectivity index (χ1n) is 7.33. The third-order valence-corrected chi connectivity index (χ3v) is 4.17. The Kier molecular flexibility index (Phi) is 5.69. The van der Waals surface area contributed by atoms with Crippen LogP contribution >= 0.6 is 0 Å². The molecule has 18 heavy (non-hydrogen) atoms. The predicted octanol–water partition coefficient (Wildman–Crippen LogP) is 3.36. The van der Waals surface area contributed by atoms with Gasteiger partial charge < -0.3 is 10.1 Å². The molecule has 0 amide bonds. The lowest BCUT2D eigenvalue weighted by molar-refractivity contribution is -0.0947. The zero-order chi connectivity index (χ0) is 13.6. The molecule has 0 saturated heterocycles. The van der Waals surface area contributed by atoms with Crippen molar-refractivity contribution < 1.29 is 4.74 Å². The summed E-state index contributed by atoms with van der Waals surface area (Å²) in [6.45, 7) is 10.6. The van der Waals surface area contributed by atoms with Crippen LogP contribution in [-0.2, 0) is 4.74 Å². The van der Waals surface area contributed by atoms with Gasteiger partial charge in [0.25, 0.3) is 0 Å². The van der Waals surface area contributed by atoms with Crippen molar-refractivity contribution in [3.8, 4) is 12.3 Å². The van der Waals surface area contributed by atoms with Crippen molar-refractivity contribution in [3.63, 3.8) is 0 Å². The Bertz CT molecular complexity index is 280. The first kappa shape index (κ1) is 15.5. The van der Waals surface area contributed by atoms with Crippen LogP contribution in [0.3, 0.4) is 0 Å². The summed E-state index contributed by atoms with van der Waals surface area (Å²) in [4.78, 5) is 0. The summed E-state index contributed by atoms with van der Waals surface area (Å²) in [6, 6.07) is 0.0495. The van der Waals surface area contributed by atoms with Gasteiger partial charge in [-0.2, -0.15) is 0 Å². The molecule has 0 heterocycles. The number of rotatable bonds is 6. The van der Waals surface area contributed by atoms with E-state index >= 15 is 0 Å². The fourth-order valence-corrected chi connectivity index (χ4v) is 2.84. The van der Waals surface area contributed by atoms with Crippen LogP contribution < -0.4 is 5.32 Å². The number of terminal acetylenes is 1. The maximum atomic E-state index is 6.11. The van der Waals surface area contributed by atoms with Gasteiger partial charge in [-0.3, -0.25) is 0 Å². The molecule has 0 spiro atoms. The molecular formula is C16H29NO. The molecule has 1 N–H and O–H groups in total. The Morgan fingerprint density at radius 3 is 2.28 bits per heavy atom. The van der Waals surface area contributed by atoms with Crippen LogP contribution in [0, 0.1) is 17.8 Å². The van der Waals surface area contributed by atoms with Gasteiger partial charge in [0.2, 0.25) is 0 Å². The maximum absolute atomic E-state index is 6.11. The molecule has 0 aliphatic heterocycles. The number of hydrogen-bond acceptors (Lipinski definition) is 2. The summed E-state index contributed by atoms with van der Waals surface area (Å²) < 4.78 is 6.11. The van der Waals surface area contributed by atoms with Crippen molar-refractivity contribution in [1.29, 1.82) is 0 Å². The highest BCUT2D eigenvalue weighted by molar-refractivity contribution is 5.12. The zero-order valence-corrected chi connectivity index (χ0v) is 12.5. The summed E-state index contributed by atoms with van der Waals surface area (Å²) in [6.07, 6.45) is 11.4. The molecule has 0 aromatic rings. The van der Waals surface area contributed by atoms with Gasteiger partial charge in [0, 0.05) is 6.61 Å². The Morgan fingerprint density at radius 1 is 1.22 bits per heavy atom. The van der Waals surface area contributed by atoms with E-state index in [0.717, 1.165) is 32.4 Å². The van der Waals surface area contributed by atoms with Crippen LogP contribution in [0.5, 0.6) is 0 Å². The quantitative estimate of drug-likeness (QED) is 0.731. The lowest BCUT2D eigenvalue weighted by Crippen LogP contribution is -2.54. The molecule has 0 bridgehead atoms. The molecule has 1 saturated carbocycles. The first-order chi connectivity index (χ1) is 8.49. The van der Waals surface area contributed by atoms with E-state index < -0.39 is 0 Å². The maximum Gasteiger partial charge on any atom is 0.0981 e. The van der Waals surface area contributed by atoms with Crippen LogP contribution in [-0.4, -0.2) is 24.8 Å². The van der Waals surface area contributed by atoms with Gasteiger partial charge in [-0.05, 0) is 51.0 Å². The van der Waals surface area contributed by atoms with E-state index in [1.165, 1.54) is 12.8 Å². The molecule has 104 valence electrons. The van der Waals surface area contributed by atoms with Crippen molar-refractivity contribution in [2.24, 2.45) is 5.41 Å². The van der Waals surface area contributed by atoms with Gasteiger partial charge in [0.05, 0.1) is 11.6 Å². The molecule has 0 radical (unpaired) electrons. The molecule has 1 fully saturated rings. The average molecular weight is 251 g/mol. The van der Waals surface area contributed by atoms with E-state index in [0.29, 0.717) is 5.41 Å². The van der Waals surface area contributed by atoms with Crippen molar-refractivity contribution in [1.82, 2.24) is 5.32 Å². The first-order valence-corrected chi connectivity index (χ1v) is 7.33. The second-order valence-electron chi connectivity index (χ2n) is 6.22. The third kappa shape index (κ3) is 3.73. The van der Waals surface area contributed by atoms with E-state index in [4.69, 9.17) is 11.2 Å². The van der Waals surface area contributed by atoms with Crippen molar-refractivity contribution >= 4 is 0 Å². The summed E-state index contributed by atoms with van der Waals surface area (Å²) >= 11 is 0. The highest BCUT2D eigenvalue weighted by atomic mass is 16.5. The van der Waals surface area contributed by atoms with Gasteiger partial charge in [0.15, 0.2) is 0 Å². The molecule has 0 aromatic carbocycles. The normalized spacial score (nSPS) is 23.3. The van der Waals surface area contributed by atoms with E-state index in [9.17, 15) is 0 Å². The van der Waals surface area contributed by atoms with Gasteiger partial charge in [-0.15, -0.1) is 6.42 Å². The van der Waals surface area contributed by atoms with Crippen molar-refractivity contribution in [2.75, 3.05) is 13.2 Å². The smallest absolute Gasteiger partial charge is 0.0981 e. The monoisotopic (exact) mass is 251 g/mol. The lowest BCUT2D eigenvalue weighted by Gasteiger charge is -2.46. The Balaban J connectivity index is 2.77. The summed E-state index contributed by atoms with van der Waals surface area (Å²) in [5.74, 6) is 2.92. The zero-order valence-electron chi connectivity index (χ0n) is 12.5. The molecule has 1 aliphatic carbocycles. The standard InChI is InChI=1S/C16H29NO/c1-6-13-17-14(7-2)16(18-8-3)11-9-15(4,5)10-12-16/h2,14,17H,6,8-13H2,1,3-5H3. The van der Waals surface area contributed by atoms with Gasteiger partial charge >= 0.3 is 0 Å². The Hall–Kier alpha value is -0.520. The van der Waals surface area contributed by atoms with Crippen LogP contribution in [0.25, 0.3) is 0 Å².